The van der Waals surface area contributed by atoms with Crippen LogP contribution < -0.4 is 20.9 Å². The van der Waals surface area contributed by atoms with Gasteiger partial charge in [-0.2, -0.15) is 4.98 Å². The number of benzene rings is 2. The van der Waals surface area contributed by atoms with Crippen molar-refractivity contribution in [1.82, 2.24) is 14.9 Å². The van der Waals surface area contributed by atoms with Gasteiger partial charge in [0.15, 0.2) is 11.6 Å². The van der Waals surface area contributed by atoms with E-state index in [-0.39, 0.29) is 35.6 Å². The van der Waals surface area contributed by atoms with Crippen molar-refractivity contribution in [3.05, 3.63) is 114 Å². The summed E-state index contributed by atoms with van der Waals surface area (Å²) >= 11 is 0. The molecule has 2 amide bonds. The Morgan fingerprint density at radius 3 is 2.67 bits per heavy atom. The minimum Gasteiger partial charge on any atom is -0.377 e. The number of methoxy groups -OCH3 is 1. The fraction of sp³-hybridized carbons (Fsp3) is 0.235. The predicted molar refractivity (Wildman–Crippen MR) is 175 cm³/mol. The standard InChI is InChI=1S/C34H36FN7O3/c1-41(2)17-8-15-31(43)37-25-10-6-9-24(19-25)33(44)38-26-11-7-12-27(21-26)39-34-36-22-29(35)32(40-34)42-18-16-23-20-28(45-3)13-4-5-14-30(23)42/h4,6-16,18-19,21-23,28H,5,17,20H2,1-3H3,(H,37,43)(H,38,44)(H,36,39,40)/b13-4-,15-8+,30-14+. The largest absolute Gasteiger partial charge is 0.377 e. The molecule has 2 aromatic carbocycles. The van der Waals surface area contributed by atoms with Crippen LogP contribution in [0.5, 0.6) is 0 Å². The number of fused-ring (bicyclic) bond motifs is 1. The number of nitrogens with zero attached hydrogens (tertiary/aromatic N) is 4. The van der Waals surface area contributed by atoms with Gasteiger partial charge in [0, 0.05) is 60.2 Å². The normalized spacial score (nSPS) is 19.4. The first-order valence-electron chi connectivity index (χ1n) is 14.6. The lowest BCUT2D eigenvalue weighted by Crippen LogP contribution is -2.22. The summed E-state index contributed by atoms with van der Waals surface area (Å²) in [6, 6.07) is 13.7. The zero-order valence-electron chi connectivity index (χ0n) is 25.4. The molecule has 10 nitrogen and oxygen atoms in total. The molecule has 1 aromatic heterocycles. The molecule has 5 rings (SSSR count). The van der Waals surface area contributed by atoms with Crippen molar-refractivity contribution in [2.45, 2.75) is 18.9 Å². The highest BCUT2D eigenvalue weighted by molar-refractivity contribution is 6.06. The second-order valence-electron chi connectivity index (χ2n) is 10.9. The number of aromatic nitrogens is 2. The van der Waals surface area contributed by atoms with Gasteiger partial charge in [0.05, 0.1) is 12.3 Å². The summed E-state index contributed by atoms with van der Waals surface area (Å²) in [5, 5.41) is 8.76. The van der Waals surface area contributed by atoms with E-state index in [4.69, 9.17) is 4.74 Å². The molecule has 2 aliphatic rings. The van der Waals surface area contributed by atoms with Crippen molar-refractivity contribution < 1.29 is 18.7 Å². The maximum absolute atomic E-state index is 15.0. The van der Waals surface area contributed by atoms with Gasteiger partial charge < -0.3 is 30.5 Å². The summed E-state index contributed by atoms with van der Waals surface area (Å²) in [6.07, 6.45) is 15.8. The van der Waals surface area contributed by atoms with E-state index in [1.54, 1.807) is 66.6 Å². The monoisotopic (exact) mass is 609 g/mol. The van der Waals surface area contributed by atoms with Gasteiger partial charge in [0.1, 0.15) is 0 Å². The number of hydrogen-bond donors (Lipinski definition) is 3. The van der Waals surface area contributed by atoms with Crippen LogP contribution in [0.25, 0.3) is 0 Å². The summed E-state index contributed by atoms with van der Waals surface area (Å²) in [7, 11) is 5.51. The Kier molecular flexibility index (Phi) is 10.1. The minimum atomic E-state index is -0.545. The van der Waals surface area contributed by atoms with Gasteiger partial charge in [-0.05, 0) is 63.3 Å². The molecule has 1 aliphatic heterocycles. The molecule has 0 radical (unpaired) electrons. The second-order valence-corrected chi connectivity index (χ2v) is 10.9. The van der Waals surface area contributed by atoms with Gasteiger partial charge in [-0.1, -0.05) is 42.5 Å². The van der Waals surface area contributed by atoms with Crippen molar-refractivity contribution in [2.75, 3.05) is 48.6 Å². The number of allylic oxidation sites excluding steroid dienone is 3. The Bertz CT molecular complexity index is 1670. The predicted octanol–water partition coefficient (Wildman–Crippen LogP) is 5.87. The van der Waals surface area contributed by atoms with Gasteiger partial charge in [0.2, 0.25) is 11.9 Å². The molecule has 2 heterocycles. The summed E-state index contributed by atoms with van der Waals surface area (Å²) in [5.74, 6) is -0.751. The van der Waals surface area contributed by atoms with Gasteiger partial charge in [-0.25, -0.2) is 9.37 Å². The highest BCUT2D eigenvalue weighted by Crippen LogP contribution is 2.36. The lowest BCUT2D eigenvalue weighted by molar-refractivity contribution is -0.111. The van der Waals surface area contributed by atoms with Crippen molar-refractivity contribution in [1.29, 1.82) is 0 Å². The average Bonchev–Trinajstić information content (AvgIpc) is 3.38. The van der Waals surface area contributed by atoms with Crippen LogP contribution in [0.1, 0.15) is 23.2 Å². The Labute approximate surface area is 262 Å². The van der Waals surface area contributed by atoms with Crippen LogP contribution in [-0.2, 0) is 9.53 Å². The number of carbonyl (C=O) groups excluding carboxylic acids is 2. The van der Waals surface area contributed by atoms with Gasteiger partial charge in [0.25, 0.3) is 5.91 Å². The molecule has 0 bridgehead atoms. The van der Waals surface area contributed by atoms with E-state index >= 15 is 4.39 Å². The van der Waals surface area contributed by atoms with Crippen LogP contribution in [0.4, 0.5) is 33.2 Å². The van der Waals surface area contributed by atoms with Crippen LogP contribution in [0.2, 0.25) is 0 Å². The zero-order valence-corrected chi connectivity index (χ0v) is 25.4. The number of anilines is 5. The molecule has 3 aromatic rings. The first kappa shape index (κ1) is 31.3. The zero-order chi connectivity index (χ0) is 31.8. The minimum absolute atomic E-state index is 0.0196. The second kappa shape index (κ2) is 14.6. The van der Waals surface area contributed by atoms with Gasteiger partial charge in [-0.3, -0.25) is 9.59 Å². The van der Waals surface area contributed by atoms with Crippen LogP contribution >= 0.6 is 0 Å². The SMILES string of the molecule is COC1/C=C\C/C=C2\C(C=CN2c2nc(Nc3cccc(NC(=O)c4cccc(NC(=O)/C=C/CN(C)C)c4)c3)ncc2F)C1. The van der Waals surface area contributed by atoms with Gasteiger partial charge >= 0.3 is 0 Å². The van der Waals surface area contributed by atoms with Crippen molar-refractivity contribution in [2.24, 2.45) is 5.92 Å². The van der Waals surface area contributed by atoms with E-state index < -0.39 is 5.82 Å². The van der Waals surface area contributed by atoms with Crippen LogP contribution in [-0.4, -0.2) is 60.5 Å². The van der Waals surface area contributed by atoms with Crippen molar-refractivity contribution in [3.8, 4) is 0 Å². The number of rotatable bonds is 10. The van der Waals surface area contributed by atoms with Crippen LogP contribution in [0.3, 0.4) is 0 Å². The van der Waals surface area contributed by atoms with Gasteiger partial charge in [-0.15, -0.1) is 0 Å². The highest BCUT2D eigenvalue weighted by atomic mass is 19.1. The molecule has 0 spiro atoms. The molecule has 2 unspecified atom stereocenters. The Morgan fingerprint density at radius 2 is 1.87 bits per heavy atom. The first-order chi connectivity index (χ1) is 21.8. The summed E-state index contributed by atoms with van der Waals surface area (Å²) in [4.78, 5) is 37.6. The molecular weight excluding hydrogens is 573 g/mol. The molecular formula is C34H36FN7O3. The Hall–Kier alpha value is -5.13. The van der Waals surface area contributed by atoms with E-state index in [0.29, 0.717) is 35.6 Å². The average molecular weight is 610 g/mol. The summed E-state index contributed by atoms with van der Waals surface area (Å²) < 4.78 is 20.6. The maximum atomic E-state index is 15.0. The molecule has 0 saturated heterocycles. The Morgan fingerprint density at radius 1 is 1.09 bits per heavy atom. The van der Waals surface area contributed by atoms with E-state index in [1.807, 2.05) is 37.3 Å². The van der Waals surface area contributed by atoms with Crippen molar-refractivity contribution in [3.63, 3.8) is 0 Å². The summed E-state index contributed by atoms with van der Waals surface area (Å²) in [6.45, 7) is 0.639. The maximum Gasteiger partial charge on any atom is 0.255 e. The molecule has 1 aliphatic carbocycles. The molecule has 2 atom stereocenters. The molecule has 45 heavy (non-hydrogen) atoms. The third-order valence-corrected chi connectivity index (χ3v) is 7.19. The number of carbonyl (C=O) groups is 2. The fourth-order valence-electron chi connectivity index (χ4n) is 5.00. The molecule has 0 fully saturated rings. The lowest BCUT2D eigenvalue weighted by Gasteiger charge is -2.25. The lowest BCUT2D eigenvalue weighted by atomic mass is 9.96. The fourth-order valence-corrected chi connectivity index (χ4v) is 5.00. The van der Waals surface area contributed by atoms with Crippen LogP contribution in [0, 0.1) is 11.7 Å². The molecule has 11 heteroatoms. The first-order valence-corrected chi connectivity index (χ1v) is 14.6. The number of amides is 2. The highest BCUT2D eigenvalue weighted by Gasteiger charge is 2.29. The Balaban J connectivity index is 1.25. The number of ether oxygens (including phenoxy) is 1. The summed E-state index contributed by atoms with van der Waals surface area (Å²) in [5.41, 5.74) is 2.95. The number of halogens is 1. The van der Waals surface area contributed by atoms with E-state index in [9.17, 15) is 9.59 Å². The topological polar surface area (TPSA) is 112 Å². The molecule has 0 saturated carbocycles. The number of likely N-dealkylation sites (N-methyl/N-ethyl adjacent to an activating group) is 1. The molecule has 232 valence electrons. The third-order valence-electron chi connectivity index (χ3n) is 7.19. The van der Waals surface area contributed by atoms with E-state index in [0.717, 1.165) is 18.3 Å². The molecule has 3 N–H and O–H groups in total. The van der Waals surface area contributed by atoms with E-state index in [2.05, 4.69) is 38.1 Å². The quantitative estimate of drug-likeness (QED) is 0.194. The van der Waals surface area contributed by atoms with Crippen LogP contribution in [0.15, 0.2) is 103 Å². The van der Waals surface area contributed by atoms with E-state index in [1.165, 1.54) is 6.08 Å². The van der Waals surface area contributed by atoms with Crippen molar-refractivity contribution >= 4 is 40.6 Å². The third kappa shape index (κ3) is 8.28. The number of nitrogens with one attached hydrogen (secondary N) is 3. The number of hydrogen-bond acceptors (Lipinski definition) is 8. The smallest absolute Gasteiger partial charge is 0.255 e.